The second kappa shape index (κ2) is 7.18. The quantitative estimate of drug-likeness (QED) is 0.505. The van der Waals surface area contributed by atoms with Gasteiger partial charge in [-0.2, -0.15) is 0 Å². The molecule has 0 radical (unpaired) electrons. The van der Waals surface area contributed by atoms with Crippen molar-refractivity contribution in [2.45, 2.75) is 20.8 Å². The summed E-state index contributed by atoms with van der Waals surface area (Å²) < 4.78 is 0. The molecule has 2 N–H and O–H groups in total. The molecule has 124 valence electrons. The molecule has 2 aromatic rings. The van der Waals surface area contributed by atoms with Crippen molar-refractivity contribution < 1.29 is 9.72 Å². The van der Waals surface area contributed by atoms with E-state index in [0.29, 0.717) is 5.56 Å². The van der Waals surface area contributed by atoms with E-state index in [0.717, 1.165) is 16.8 Å². The highest BCUT2D eigenvalue weighted by atomic mass is 32.1. The van der Waals surface area contributed by atoms with Gasteiger partial charge in [-0.25, -0.2) is 0 Å². The van der Waals surface area contributed by atoms with E-state index in [9.17, 15) is 14.9 Å². The smallest absolute Gasteiger partial charge is 0.273 e. The standard InChI is InChI=1S/C17H17N3O3S/c1-10-6-11(2)8-14(7-10)18-17(24)19-16(21)13-5-4-12(3)15(9-13)20(22)23/h4-9H,1-3H3,(H2,18,19,21,24). The van der Waals surface area contributed by atoms with Gasteiger partial charge in [0.05, 0.1) is 4.92 Å². The Morgan fingerprint density at radius 1 is 1.08 bits per heavy atom. The molecule has 2 rings (SSSR count). The molecule has 1 amide bonds. The molecule has 0 bridgehead atoms. The van der Waals surface area contributed by atoms with Crippen LogP contribution >= 0.6 is 12.2 Å². The number of carbonyl (C=O) groups excluding carboxylic acids is 1. The lowest BCUT2D eigenvalue weighted by atomic mass is 10.1. The van der Waals surface area contributed by atoms with Crippen LogP contribution in [-0.2, 0) is 0 Å². The van der Waals surface area contributed by atoms with Gasteiger partial charge in [-0.05, 0) is 62.3 Å². The fraction of sp³-hybridized carbons (Fsp3) is 0.176. The first-order chi connectivity index (χ1) is 11.3. The molecule has 0 aliphatic rings. The highest BCUT2D eigenvalue weighted by molar-refractivity contribution is 7.80. The fourth-order valence-corrected chi connectivity index (χ4v) is 2.54. The number of hydrogen-bond donors (Lipinski definition) is 2. The van der Waals surface area contributed by atoms with Gasteiger partial charge in [0, 0.05) is 22.9 Å². The van der Waals surface area contributed by atoms with Crippen molar-refractivity contribution in [1.82, 2.24) is 5.32 Å². The topological polar surface area (TPSA) is 84.3 Å². The van der Waals surface area contributed by atoms with Crippen LogP contribution < -0.4 is 10.6 Å². The first-order valence-electron chi connectivity index (χ1n) is 7.22. The third kappa shape index (κ3) is 4.36. The Labute approximate surface area is 145 Å². The maximum atomic E-state index is 12.2. The number of aryl methyl sites for hydroxylation is 3. The van der Waals surface area contributed by atoms with Gasteiger partial charge in [0.2, 0.25) is 0 Å². The molecule has 7 heteroatoms. The predicted molar refractivity (Wildman–Crippen MR) is 97.4 cm³/mol. The summed E-state index contributed by atoms with van der Waals surface area (Å²) in [6.45, 7) is 5.54. The summed E-state index contributed by atoms with van der Waals surface area (Å²) in [6.07, 6.45) is 0. The van der Waals surface area contributed by atoms with Crippen molar-refractivity contribution in [3.63, 3.8) is 0 Å². The molecule has 0 aliphatic carbocycles. The number of amides is 1. The average Bonchev–Trinajstić information content (AvgIpc) is 2.45. The number of nitrogens with one attached hydrogen (secondary N) is 2. The molecule has 0 saturated heterocycles. The number of thiocarbonyl (C=S) groups is 1. The third-order valence-electron chi connectivity index (χ3n) is 3.37. The molecule has 0 unspecified atom stereocenters. The first kappa shape index (κ1) is 17.6. The van der Waals surface area contributed by atoms with E-state index < -0.39 is 10.8 Å². The number of nitro groups is 1. The van der Waals surface area contributed by atoms with E-state index in [1.807, 2.05) is 32.0 Å². The van der Waals surface area contributed by atoms with Crippen LogP contribution in [0.5, 0.6) is 0 Å². The van der Waals surface area contributed by atoms with Gasteiger partial charge in [0.1, 0.15) is 0 Å². The van der Waals surface area contributed by atoms with Crippen molar-refractivity contribution in [1.29, 1.82) is 0 Å². The molecule has 0 saturated carbocycles. The number of benzene rings is 2. The van der Waals surface area contributed by atoms with Gasteiger partial charge in [0.15, 0.2) is 5.11 Å². The highest BCUT2D eigenvalue weighted by Gasteiger charge is 2.15. The number of nitro benzene ring substituents is 1. The Hall–Kier alpha value is -2.80. The van der Waals surface area contributed by atoms with Crippen LogP contribution in [0, 0.1) is 30.9 Å². The minimum Gasteiger partial charge on any atom is -0.332 e. The van der Waals surface area contributed by atoms with E-state index >= 15 is 0 Å². The SMILES string of the molecule is Cc1cc(C)cc(NC(=S)NC(=O)c2ccc(C)c([N+](=O)[O-])c2)c1. The normalized spacial score (nSPS) is 10.1. The Morgan fingerprint density at radius 3 is 2.29 bits per heavy atom. The summed E-state index contributed by atoms with van der Waals surface area (Å²) in [7, 11) is 0. The van der Waals surface area contributed by atoms with Crippen LogP contribution in [0.3, 0.4) is 0 Å². The van der Waals surface area contributed by atoms with Crippen LogP contribution in [0.25, 0.3) is 0 Å². The van der Waals surface area contributed by atoms with Gasteiger partial charge in [-0.3, -0.25) is 20.2 Å². The average molecular weight is 343 g/mol. The van der Waals surface area contributed by atoms with Crippen molar-refractivity contribution in [3.8, 4) is 0 Å². The van der Waals surface area contributed by atoms with Gasteiger partial charge < -0.3 is 5.32 Å². The largest absolute Gasteiger partial charge is 0.332 e. The summed E-state index contributed by atoms with van der Waals surface area (Å²) in [5.74, 6) is -0.500. The molecule has 24 heavy (non-hydrogen) atoms. The van der Waals surface area contributed by atoms with Crippen LogP contribution in [-0.4, -0.2) is 15.9 Å². The summed E-state index contributed by atoms with van der Waals surface area (Å²) in [4.78, 5) is 22.6. The second-order valence-electron chi connectivity index (χ2n) is 5.54. The molecule has 0 heterocycles. The third-order valence-corrected chi connectivity index (χ3v) is 3.58. The molecule has 6 nitrogen and oxygen atoms in total. The maximum absolute atomic E-state index is 12.2. The molecule has 0 aromatic heterocycles. The summed E-state index contributed by atoms with van der Waals surface area (Å²) in [5.41, 5.74) is 3.48. The zero-order valence-corrected chi connectivity index (χ0v) is 14.4. The minimum absolute atomic E-state index is 0.101. The van der Waals surface area contributed by atoms with Crippen LogP contribution in [0.1, 0.15) is 27.0 Å². The molecule has 0 atom stereocenters. The predicted octanol–water partition coefficient (Wildman–Crippen LogP) is 3.65. The highest BCUT2D eigenvalue weighted by Crippen LogP contribution is 2.19. The van der Waals surface area contributed by atoms with Crippen LogP contribution in [0.15, 0.2) is 36.4 Å². The van der Waals surface area contributed by atoms with Gasteiger partial charge in [0.25, 0.3) is 11.6 Å². The Balaban J connectivity index is 2.10. The van der Waals surface area contributed by atoms with Crippen molar-refractivity contribution >= 4 is 34.6 Å². The molecule has 0 aliphatic heterocycles. The van der Waals surface area contributed by atoms with Crippen molar-refractivity contribution in [3.05, 3.63) is 68.8 Å². The van der Waals surface area contributed by atoms with Crippen molar-refractivity contribution in [2.24, 2.45) is 0 Å². The number of rotatable bonds is 3. The van der Waals surface area contributed by atoms with Crippen LogP contribution in [0.4, 0.5) is 11.4 Å². The lowest BCUT2D eigenvalue weighted by molar-refractivity contribution is -0.385. The molecular weight excluding hydrogens is 326 g/mol. The molecule has 2 aromatic carbocycles. The lowest BCUT2D eigenvalue weighted by Crippen LogP contribution is -2.34. The fourth-order valence-electron chi connectivity index (χ4n) is 2.33. The molecule has 0 spiro atoms. The van der Waals surface area contributed by atoms with Crippen LogP contribution in [0.2, 0.25) is 0 Å². The van der Waals surface area contributed by atoms with Gasteiger partial charge in [-0.1, -0.05) is 12.1 Å². The minimum atomic E-state index is -0.516. The summed E-state index contributed by atoms with van der Waals surface area (Å²) in [6, 6.07) is 10.1. The second-order valence-corrected chi connectivity index (χ2v) is 5.95. The Kier molecular flexibility index (Phi) is 5.25. The Bertz CT molecular complexity index is 814. The zero-order valence-electron chi connectivity index (χ0n) is 13.5. The lowest BCUT2D eigenvalue weighted by Gasteiger charge is -2.11. The van der Waals surface area contributed by atoms with E-state index in [2.05, 4.69) is 10.6 Å². The van der Waals surface area contributed by atoms with E-state index in [1.165, 1.54) is 18.2 Å². The van der Waals surface area contributed by atoms with Gasteiger partial charge in [-0.15, -0.1) is 0 Å². The zero-order chi connectivity index (χ0) is 17.9. The summed E-state index contributed by atoms with van der Waals surface area (Å²) >= 11 is 5.13. The molecular formula is C17H17N3O3S. The number of hydrogen-bond acceptors (Lipinski definition) is 4. The van der Waals surface area contributed by atoms with Gasteiger partial charge >= 0.3 is 0 Å². The maximum Gasteiger partial charge on any atom is 0.273 e. The summed E-state index contributed by atoms with van der Waals surface area (Å²) in [5, 5.41) is 16.6. The number of carbonyl (C=O) groups is 1. The van der Waals surface area contributed by atoms with E-state index in [4.69, 9.17) is 12.2 Å². The monoisotopic (exact) mass is 343 g/mol. The Morgan fingerprint density at radius 2 is 1.71 bits per heavy atom. The number of nitrogens with zero attached hydrogens (tertiary/aromatic N) is 1. The number of anilines is 1. The first-order valence-corrected chi connectivity index (χ1v) is 7.63. The molecule has 0 fully saturated rings. The van der Waals surface area contributed by atoms with E-state index in [1.54, 1.807) is 6.92 Å². The van der Waals surface area contributed by atoms with E-state index in [-0.39, 0.29) is 16.4 Å². The van der Waals surface area contributed by atoms with Crippen molar-refractivity contribution in [2.75, 3.05) is 5.32 Å².